The molecule has 6 nitrogen and oxygen atoms in total. The second-order valence-corrected chi connectivity index (χ2v) is 8.82. The third-order valence-electron chi connectivity index (χ3n) is 5.17. The van der Waals surface area contributed by atoms with Gasteiger partial charge in [0, 0.05) is 43.2 Å². The number of rotatable bonds is 6. The topological polar surface area (TPSA) is 66.7 Å². The lowest BCUT2D eigenvalue weighted by molar-refractivity contribution is -0.387. The number of nitro groups is 1. The van der Waals surface area contributed by atoms with Crippen LogP contribution in [0, 0.1) is 10.1 Å². The number of likely N-dealkylation sites (N-methyl/N-ethyl adjacent to an activating group) is 1. The monoisotopic (exact) mass is 425 g/mol. The van der Waals surface area contributed by atoms with Gasteiger partial charge in [0.05, 0.1) is 9.82 Å². The second kappa shape index (κ2) is 9.91. The molecule has 1 fully saturated rings. The molecule has 2 aromatic rings. The molecular formula is C23H27N3O3S. The van der Waals surface area contributed by atoms with Crippen LogP contribution in [-0.4, -0.2) is 53.9 Å². The first kappa shape index (κ1) is 22.1. The summed E-state index contributed by atoms with van der Waals surface area (Å²) in [4.78, 5) is 29.3. The minimum absolute atomic E-state index is 0.0488. The first-order valence-corrected chi connectivity index (χ1v) is 10.9. The van der Waals surface area contributed by atoms with E-state index in [0.717, 1.165) is 18.0 Å². The smallest absolute Gasteiger partial charge is 0.283 e. The van der Waals surface area contributed by atoms with E-state index in [1.54, 1.807) is 17.0 Å². The van der Waals surface area contributed by atoms with Gasteiger partial charge in [-0.1, -0.05) is 49.9 Å². The Morgan fingerprint density at radius 2 is 1.80 bits per heavy atom. The standard InChI is InChI=1S/C23H27N3O3S/c1-17(2)19-6-4-5-7-21(19)30-22-10-8-18(16-20(22)26(28)29)9-11-23(27)25-14-12-24(3)13-15-25/h4-11,16-17H,12-15H2,1-3H3/b11-9+. The van der Waals surface area contributed by atoms with E-state index >= 15 is 0 Å². The second-order valence-electron chi connectivity index (χ2n) is 7.74. The third kappa shape index (κ3) is 5.49. The van der Waals surface area contributed by atoms with Gasteiger partial charge >= 0.3 is 0 Å². The van der Waals surface area contributed by atoms with Crippen molar-refractivity contribution in [2.75, 3.05) is 33.2 Å². The number of benzene rings is 2. The third-order valence-corrected chi connectivity index (χ3v) is 6.33. The number of carbonyl (C=O) groups excluding carboxylic acids is 1. The summed E-state index contributed by atoms with van der Waals surface area (Å²) in [5.41, 5.74) is 1.86. The molecule has 1 amide bonds. The van der Waals surface area contributed by atoms with Crippen LogP contribution in [-0.2, 0) is 4.79 Å². The SMILES string of the molecule is CC(C)c1ccccc1Sc1ccc(/C=C/C(=O)N2CCN(C)CC2)cc1[N+](=O)[O-]. The lowest BCUT2D eigenvalue weighted by atomic mass is 10.0. The van der Waals surface area contributed by atoms with Crippen molar-refractivity contribution in [1.29, 1.82) is 0 Å². The number of hydrogen-bond acceptors (Lipinski definition) is 5. The molecule has 0 spiro atoms. The van der Waals surface area contributed by atoms with Crippen LogP contribution in [0.3, 0.4) is 0 Å². The highest BCUT2D eigenvalue weighted by Gasteiger charge is 2.19. The van der Waals surface area contributed by atoms with E-state index < -0.39 is 0 Å². The van der Waals surface area contributed by atoms with Gasteiger partial charge in [-0.15, -0.1) is 0 Å². The van der Waals surface area contributed by atoms with Crippen molar-refractivity contribution in [2.24, 2.45) is 0 Å². The molecule has 0 bridgehead atoms. The number of carbonyl (C=O) groups is 1. The van der Waals surface area contributed by atoms with Crippen LogP contribution in [0.4, 0.5) is 5.69 Å². The van der Waals surface area contributed by atoms with Gasteiger partial charge in [0.15, 0.2) is 0 Å². The fourth-order valence-corrected chi connectivity index (χ4v) is 4.51. The number of nitro benzene ring substituents is 1. The van der Waals surface area contributed by atoms with Crippen molar-refractivity contribution in [3.8, 4) is 0 Å². The van der Waals surface area contributed by atoms with Crippen LogP contribution in [0.1, 0.15) is 30.9 Å². The van der Waals surface area contributed by atoms with Gasteiger partial charge in [-0.25, -0.2) is 0 Å². The summed E-state index contributed by atoms with van der Waals surface area (Å²) in [7, 11) is 2.04. The van der Waals surface area contributed by atoms with E-state index in [9.17, 15) is 14.9 Å². The summed E-state index contributed by atoms with van der Waals surface area (Å²) in [6, 6.07) is 13.1. The zero-order valence-corrected chi connectivity index (χ0v) is 18.4. The molecule has 0 atom stereocenters. The van der Waals surface area contributed by atoms with Gasteiger partial charge < -0.3 is 9.80 Å². The molecule has 0 saturated carbocycles. The number of nitrogens with zero attached hydrogens (tertiary/aromatic N) is 3. The highest BCUT2D eigenvalue weighted by atomic mass is 32.2. The molecule has 0 aromatic heterocycles. The maximum atomic E-state index is 12.4. The summed E-state index contributed by atoms with van der Waals surface area (Å²) in [6.45, 7) is 7.33. The summed E-state index contributed by atoms with van der Waals surface area (Å²) < 4.78 is 0. The Morgan fingerprint density at radius 1 is 1.10 bits per heavy atom. The van der Waals surface area contributed by atoms with Gasteiger partial charge in [0.1, 0.15) is 0 Å². The van der Waals surface area contributed by atoms with E-state index in [0.29, 0.717) is 29.5 Å². The van der Waals surface area contributed by atoms with E-state index in [1.807, 2.05) is 31.3 Å². The predicted octanol–water partition coefficient (Wildman–Crippen LogP) is 4.66. The Bertz CT molecular complexity index is 950. The summed E-state index contributed by atoms with van der Waals surface area (Å²) in [6.07, 6.45) is 3.16. The lowest BCUT2D eigenvalue weighted by Gasteiger charge is -2.31. The molecule has 158 valence electrons. The highest BCUT2D eigenvalue weighted by Crippen LogP contribution is 2.39. The van der Waals surface area contributed by atoms with Gasteiger partial charge in [0.2, 0.25) is 5.91 Å². The van der Waals surface area contributed by atoms with Crippen molar-refractivity contribution in [2.45, 2.75) is 29.6 Å². The Balaban J connectivity index is 1.79. The van der Waals surface area contributed by atoms with E-state index in [1.165, 1.54) is 29.5 Å². The molecule has 7 heteroatoms. The average Bonchev–Trinajstić information content (AvgIpc) is 2.73. The first-order valence-electron chi connectivity index (χ1n) is 10.1. The molecule has 2 aromatic carbocycles. The molecular weight excluding hydrogens is 398 g/mol. The van der Waals surface area contributed by atoms with Crippen molar-refractivity contribution in [1.82, 2.24) is 9.80 Å². The molecule has 1 aliphatic heterocycles. The fraction of sp³-hybridized carbons (Fsp3) is 0.348. The number of piperazine rings is 1. The van der Waals surface area contributed by atoms with Crippen LogP contribution in [0.2, 0.25) is 0 Å². The maximum absolute atomic E-state index is 12.4. The molecule has 1 saturated heterocycles. The molecule has 0 aliphatic carbocycles. The predicted molar refractivity (Wildman–Crippen MR) is 121 cm³/mol. The Morgan fingerprint density at radius 3 is 2.47 bits per heavy atom. The van der Waals surface area contributed by atoms with E-state index in [4.69, 9.17) is 0 Å². The minimum Gasteiger partial charge on any atom is -0.337 e. The van der Waals surface area contributed by atoms with Crippen molar-refractivity contribution < 1.29 is 9.72 Å². The minimum atomic E-state index is -0.361. The quantitative estimate of drug-likeness (QED) is 0.383. The fourth-order valence-electron chi connectivity index (χ4n) is 3.34. The van der Waals surface area contributed by atoms with E-state index in [2.05, 4.69) is 24.8 Å². The molecule has 3 rings (SSSR count). The van der Waals surface area contributed by atoms with Crippen molar-refractivity contribution in [3.63, 3.8) is 0 Å². The lowest BCUT2D eigenvalue weighted by Crippen LogP contribution is -2.46. The first-order chi connectivity index (χ1) is 14.3. The Labute approximate surface area is 181 Å². The molecule has 1 aliphatic rings. The van der Waals surface area contributed by atoms with Crippen LogP contribution in [0.5, 0.6) is 0 Å². The van der Waals surface area contributed by atoms with Crippen LogP contribution >= 0.6 is 11.8 Å². The molecule has 30 heavy (non-hydrogen) atoms. The maximum Gasteiger partial charge on any atom is 0.283 e. The summed E-state index contributed by atoms with van der Waals surface area (Å²) >= 11 is 1.41. The molecule has 0 unspecified atom stereocenters. The Hall–Kier alpha value is -2.64. The number of hydrogen-bond donors (Lipinski definition) is 0. The van der Waals surface area contributed by atoms with Crippen molar-refractivity contribution >= 4 is 29.4 Å². The summed E-state index contributed by atoms with van der Waals surface area (Å²) in [5.74, 6) is 0.269. The zero-order valence-electron chi connectivity index (χ0n) is 17.6. The van der Waals surface area contributed by atoms with Gasteiger partial charge in [-0.3, -0.25) is 14.9 Å². The zero-order chi connectivity index (χ0) is 21.7. The summed E-state index contributed by atoms with van der Waals surface area (Å²) in [5, 5.41) is 11.7. The highest BCUT2D eigenvalue weighted by molar-refractivity contribution is 7.99. The molecule has 0 N–H and O–H groups in total. The largest absolute Gasteiger partial charge is 0.337 e. The molecule has 0 radical (unpaired) electrons. The van der Waals surface area contributed by atoms with Crippen LogP contribution in [0.25, 0.3) is 6.08 Å². The molecule has 1 heterocycles. The van der Waals surface area contributed by atoms with Crippen LogP contribution in [0.15, 0.2) is 58.3 Å². The Kier molecular flexibility index (Phi) is 7.29. The van der Waals surface area contributed by atoms with Gasteiger partial charge in [0.25, 0.3) is 5.69 Å². The van der Waals surface area contributed by atoms with Gasteiger partial charge in [-0.05, 0) is 42.3 Å². The number of amides is 1. The van der Waals surface area contributed by atoms with E-state index in [-0.39, 0.29) is 16.5 Å². The normalized spacial score (nSPS) is 15.1. The van der Waals surface area contributed by atoms with Crippen LogP contribution < -0.4 is 0 Å². The van der Waals surface area contributed by atoms with Crippen molar-refractivity contribution in [3.05, 3.63) is 69.8 Å². The van der Waals surface area contributed by atoms with Gasteiger partial charge in [-0.2, -0.15) is 0 Å². The average molecular weight is 426 g/mol.